The van der Waals surface area contributed by atoms with E-state index in [0.717, 1.165) is 17.7 Å². The molecule has 0 fully saturated rings. The van der Waals surface area contributed by atoms with Crippen LogP contribution in [0.5, 0.6) is 0 Å². The quantitative estimate of drug-likeness (QED) is 0.804. The summed E-state index contributed by atoms with van der Waals surface area (Å²) < 4.78 is 5.92. The Labute approximate surface area is 146 Å². The van der Waals surface area contributed by atoms with E-state index >= 15 is 0 Å². The zero-order valence-electron chi connectivity index (χ0n) is 15.4. The van der Waals surface area contributed by atoms with Gasteiger partial charge in [-0.15, -0.1) is 0 Å². The highest BCUT2D eigenvalue weighted by molar-refractivity contribution is 5.58. The number of nitrogens with zero attached hydrogens (tertiary/aromatic N) is 1. The second kappa shape index (κ2) is 7.23. The maximum Gasteiger partial charge on any atom is 0.0724 e. The molecular formula is C21H28N2O. The summed E-state index contributed by atoms with van der Waals surface area (Å²) >= 11 is 0. The Kier molecular flexibility index (Phi) is 5.51. The number of nitrogens with one attached hydrogen (secondary N) is 1. The maximum absolute atomic E-state index is 8.96. The smallest absolute Gasteiger partial charge is 0.0724 e. The summed E-state index contributed by atoms with van der Waals surface area (Å²) in [7, 11) is 0. The van der Waals surface area contributed by atoms with E-state index in [9.17, 15) is 0 Å². The number of nitriles is 1. The molecule has 0 atom stereocenters. The number of ether oxygens (including phenoxy) is 1. The van der Waals surface area contributed by atoms with Crippen molar-refractivity contribution in [2.24, 2.45) is 0 Å². The summed E-state index contributed by atoms with van der Waals surface area (Å²) in [6, 6.07) is 8.71. The summed E-state index contributed by atoms with van der Waals surface area (Å²) in [5, 5.41) is 12.3. The second-order valence-electron chi connectivity index (χ2n) is 7.96. The van der Waals surface area contributed by atoms with Gasteiger partial charge < -0.3 is 10.1 Å². The fourth-order valence-corrected chi connectivity index (χ4v) is 2.69. The number of fused-ring (bicyclic) bond motifs is 1. The molecule has 1 heterocycles. The third-order valence-corrected chi connectivity index (χ3v) is 4.18. The number of hydrogen-bond donors (Lipinski definition) is 1. The molecule has 3 nitrogen and oxygen atoms in total. The van der Waals surface area contributed by atoms with Gasteiger partial charge in [-0.2, -0.15) is 5.26 Å². The van der Waals surface area contributed by atoms with Crippen LogP contribution in [0, 0.1) is 11.3 Å². The third-order valence-electron chi connectivity index (χ3n) is 4.18. The number of benzene rings is 1. The Morgan fingerprint density at radius 3 is 2.71 bits per heavy atom. The first-order valence-corrected chi connectivity index (χ1v) is 8.48. The minimum absolute atomic E-state index is 0.0210. The summed E-state index contributed by atoms with van der Waals surface area (Å²) in [4.78, 5) is 0. The van der Waals surface area contributed by atoms with Crippen molar-refractivity contribution in [3.05, 3.63) is 53.3 Å². The van der Waals surface area contributed by atoms with Gasteiger partial charge in [0.15, 0.2) is 0 Å². The molecule has 0 aliphatic carbocycles. The standard InChI is InChI=1S/C21H28N2O/c1-20(2,3)24-15-17-6-7-19-18(14-17)21(4,5)11-8-16(9-12-22)10-13-23-19/h6-8,10,13-14,23H,9,11,15H2,1-5H3/b13-10-,16-8-. The lowest BCUT2D eigenvalue weighted by Gasteiger charge is -2.27. The molecule has 0 amide bonds. The molecule has 1 aromatic carbocycles. The minimum Gasteiger partial charge on any atom is -0.371 e. The SMILES string of the molecule is CC(C)(C)OCc1ccc2c(c1)C(C)(C)C/C=C(CC#N)\C=C/N2. The van der Waals surface area contributed by atoms with Gasteiger partial charge >= 0.3 is 0 Å². The van der Waals surface area contributed by atoms with Gasteiger partial charge in [-0.25, -0.2) is 0 Å². The Bertz CT molecular complexity index is 685. The highest BCUT2D eigenvalue weighted by Crippen LogP contribution is 2.35. The number of anilines is 1. The van der Waals surface area contributed by atoms with Crippen LogP contribution in [0.1, 0.15) is 58.6 Å². The van der Waals surface area contributed by atoms with Crippen LogP contribution in [-0.4, -0.2) is 5.60 Å². The molecule has 1 aromatic rings. The topological polar surface area (TPSA) is 45.0 Å². The van der Waals surface area contributed by atoms with Crippen LogP contribution in [-0.2, 0) is 16.8 Å². The minimum atomic E-state index is -0.146. The van der Waals surface area contributed by atoms with Gasteiger partial charge in [0.2, 0.25) is 0 Å². The van der Waals surface area contributed by atoms with Gasteiger partial charge in [0.1, 0.15) is 0 Å². The molecule has 1 aliphatic rings. The molecule has 3 heteroatoms. The van der Waals surface area contributed by atoms with Crippen molar-refractivity contribution in [1.29, 1.82) is 5.26 Å². The van der Waals surface area contributed by atoms with Crippen molar-refractivity contribution in [2.75, 3.05) is 5.32 Å². The van der Waals surface area contributed by atoms with Crippen molar-refractivity contribution in [3.63, 3.8) is 0 Å². The lowest BCUT2D eigenvalue weighted by molar-refractivity contribution is -0.0149. The molecule has 0 aromatic heterocycles. The molecule has 0 unspecified atom stereocenters. The summed E-state index contributed by atoms with van der Waals surface area (Å²) in [6.07, 6.45) is 7.43. The molecular weight excluding hydrogens is 296 g/mol. The maximum atomic E-state index is 8.96. The highest BCUT2D eigenvalue weighted by atomic mass is 16.5. The molecule has 0 radical (unpaired) electrons. The van der Waals surface area contributed by atoms with Crippen LogP contribution in [0.3, 0.4) is 0 Å². The number of rotatable bonds is 3. The third kappa shape index (κ3) is 4.97. The summed E-state index contributed by atoms with van der Waals surface area (Å²) in [5.41, 5.74) is 4.46. The van der Waals surface area contributed by atoms with E-state index in [1.54, 1.807) is 0 Å². The van der Waals surface area contributed by atoms with Crippen molar-refractivity contribution >= 4 is 5.69 Å². The number of hydrogen-bond acceptors (Lipinski definition) is 3. The van der Waals surface area contributed by atoms with E-state index < -0.39 is 0 Å². The lowest BCUT2D eigenvalue weighted by Crippen LogP contribution is -2.20. The van der Waals surface area contributed by atoms with Gasteiger partial charge in [-0.3, -0.25) is 0 Å². The van der Waals surface area contributed by atoms with E-state index in [-0.39, 0.29) is 11.0 Å². The molecule has 24 heavy (non-hydrogen) atoms. The summed E-state index contributed by atoms with van der Waals surface area (Å²) in [5.74, 6) is 0. The Morgan fingerprint density at radius 1 is 1.29 bits per heavy atom. The predicted octanol–water partition coefficient (Wildman–Crippen LogP) is 5.45. The van der Waals surface area contributed by atoms with E-state index in [1.165, 1.54) is 11.1 Å². The van der Waals surface area contributed by atoms with Crippen LogP contribution in [0.25, 0.3) is 0 Å². The molecule has 0 saturated carbocycles. The van der Waals surface area contributed by atoms with Crippen LogP contribution < -0.4 is 5.32 Å². The average Bonchev–Trinajstić information content (AvgIpc) is 2.55. The van der Waals surface area contributed by atoms with Crippen LogP contribution in [0.15, 0.2) is 42.1 Å². The first-order chi connectivity index (χ1) is 11.2. The largest absolute Gasteiger partial charge is 0.371 e. The Balaban J connectivity index is 2.32. The Hall–Kier alpha value is -2.05. The van der Waals surface area contributed by atoms with Gasteiger partial charge in [0.05, 0.1) is 24.7 Å². The fraction of sp³-hybridized carbons (Fsp3) is 0.476. The Morgan fingerprint density at radius 2 is 2.04 bits per heavy atom. The van der Waals surface area contributed by atoms with Gasteiger partial charge in [0.25, 0.3) is 0 Å². The molecule has 128 valence electrons. The van der Waals surface area contributed by atoms with E-state index in [0.29, 0.717) is 13.0 Å². The van der Waals surface area contributed by atoms with Gasteiger partial charge in [-0.05, 0) is 61.4 Å². The highest BCUT2D eigenvalue weighted by Gasteiger charge is 2.24. The van der Waals surface area contributed by atoms with E-state index in [4.69, 9.17) is 10.00 Å². The average molecular weight is 324 g/mol. The monoisotopic (exact) mass is 324 g/mol. The molecule has 0 bridgehead atoms. The molecule has 1 aliphatic heterocycles. The fourth-order valence-electron chi connectivity index (χ4n) is 2.69. The predicted molar refractivity (Wildman–Crippen MR) is 99.7 cm³/mol. The van der Waals surface area contributed by atoms with Gasteiger partial charge in [0, 0.05) is 11.9 Å². The van der Waals surface area contributed by atoms with Gasteiger partial charge in [-0.1, -0.05) is 32.1 Å². The first-order valence-electron chi connectivity index (χ1n) is 8.48. The van der Waals surface area contributed by atoms with Crippen molar-refractivity contribution in [2.45, 2.75) is 65.1 Å². The molecule has 0 spiro atoms. The second-order valence-corrected chi connectivity index (χ2v) is 7.96. The van der Waals surface area contributed by atoms with Crippen LogP contribution in [0.4, 0.5) is 5.69 Å². The molecule has 0 saturated heterocycles. The lowest BCUT2D eigenvalue weighted by atomic mass is 9.79. The first kappa shape index (κ1) is 18.3. The van der Waals surface area contributed by atoms with Crippen LogP contribution >= 0.6 is 0 Å². The normalized spacial score (nSPS) is 20.2. The number of allylic oxidation sites excluding steroid dienone is 3. The van der Waals surface area contributed by atoms with Crippen molar-refractivity contribution < 1.29 is 4.74 Å². The summed E-state index contributed by atoms with van der Waals surface area (Å²) in [6.45, 7) is 11.3. The zero-order valence-corrected chi connectivity index (χ0v) is 15.4. The van der Waals surface area contributed by atoms with Crippen LogP contribution in [0.2, 0.25) is 0 Å². The molecule has 2 rings (SSSR count). The van der Waals surface area contributed by atoms with Crippen molar-refractivity contribution in [1.82, 2.24) is 0 Å². The van der Waals surface area contributed by atoms with Crippen molar-refractivity contribution in [3.8, 4) is 6.07 Å². The zero-order chi connectivity index (χ0) is 17.8. The van der Waals surface area contributed by atoms with E-state index in [2.05, 4.69) is 70.3 Å². The molecule has 1 N–H and O–H groups in total. The van der Waals surface area contributed by atoms with E-state index in [1.807, 2.05) is 12.3 Å².